The summed E-state index contributed by atoms with van der Waals surface area (Å²) in [5.41, 5.74) is 1.99. The highest BCUT2D eigenvalue weighted by Gasteiger charge is 2.42. The quantitative estimate of drug-likeness (QED) is 0.260. The number of carbonyl (C=O) groups excluding carboxylic acids is 1. The Labute approximate surface area is 239 Å². The molecule has 0 saturated carbocycles. The van der Waals surface area contributed by atoms with Gasteiger partial charge in [0.2, 0.25) is 5.91 Å². The summed E-state index contributed by atoms with van der Waals surface area (Å²) in [6.45, 7) is -0.147. The Hall–Kier alpha value is -4.42. The number of methoxy groups -OCH3 is 2. The van der Waals surface area contributed by atoms with Gasteiger partial charge in [0.15, 0.2) is 5.11 Å². The first-order valence-electron chi connectivity index (χ1n) is 12.5. The van der Waals surface area contributed by atoms with E-state index in [1.54, 1.807) is 53.4 Å². The number of alkyl halides is 3. The van der Waals surface area contributed by atoms with Crippen LogP contribution in [-0.4, -0.2) is 41.4 Å². The van der Waals surface area contributed by atoms with Crippen molar-refractivity contribution in [1.82, 2.24) is 14.9 Å². The highest BCUT2D eigenvalue weighted by atomic mass is 32.1. The second-order valence-electron chi connectivity index (χ2n) is 9.21. The molecule has 1 aliphatic rings. The first kappa shape index (κ1) is 28.1. The van der Waals surface area contributed by atoms with E-state index < -0.39 is 23.8 Å². The molecule has 1 amide bonds. The average molecular weight is 582 g/mol. The summed E-state index contributed by atoms with van der Waals surface area (Å²) < 4.78 is 52.8. The Morgan fingerprint density at radius 2 is 1.88 bits per heavy atom. The van der Waals surface area contributed by atoms with E-state index in [0.29, 0.717) is 39.3 Å². The fraction of sp³-hybridized carbons (Fsp3) is 0.207. The van der Waals surface area contributed by atoms with Crippen LogP contribution in [0.3, 0.4) is 0 Å². The molecule has 41 heavy (non-hydrogen) atoms. The summed E-state index contributed by atoms with van der Waals surface area (Å²) in [6.07, 6.45) is -1.11. The van der Waals surface area contributed by atoms with Gasteiger partial charge in [-0.25, -0.2) is 0 Å². The normalized spacial score (nSPS) is 16.9. The topological polar surface area (TPSA) is 80.7 Å². The molecule has 0 spiro atoms. The predicted octanol–water partition coefficient (Wildman–Crippen LogP) is 5.66. The van der Waals surface area contributed by atoms with Gasteiger partial charge in [-0.2, -0.15) is 13.2 Å². The number of anilines is 2. The molecule has 2 aromatic carbocycles. The van der Waals surface area contributed by atoms with Crippen molar-refractivity contribution in [3.8, 4) is 11.4 Å². The second kappa shape index (κ2) is 11.6. The molecule has 1 fully saturated rings. The number of rotatable bonds is 8. The van der Waals surface area contributed by atoms with Crippen molar-refractivity contribution in [2.24, 2.45) is 0 Å². The van der Waals surface area contributed by atoms with Gasteiger partial charge in [0.05, 0.1) is 30.1 Å². The fourth-order valence-electron chi connectivity index (χ4n) is 4.90. The molecule has 1 aliphatic heterocycles. The van der Waals surface area contributed by atoms with E-state index in [-0.39, 0.29) is 12.5 Å². The van der Waals surface area contributed by atoms with Gasteiger partial charge >= 0.3 is 6.18 Å². The molecule has 0 radical (unpaired) electrons. The van der Waals surface area contributed by atoms with Crippen LogP contribution in [0.15, 0.2) is 85.2 Å². The van der Waals surface area contributed by atoms with Crippen molar-refractivity contribution in [1.29, 1.82) is 0 Å². The molecule has 2 N–H and O–H groups in total. The van der Waals surface area contributed by atoms with E-state index in [2.05, 4.69) is 15.6 Å². The number of halogens is 3. The third-order valence-corrected chi connectivity index (χ3v) is 6.96. The Bertz CT molecular complexity index is 1560. The maximum Gasteiger partial charge on any atom is 0.416 e. The lowest BCUT2D eigenvalue weighted by Crippen LogP contribution is -2.30. The Kier molecular flexibility index (Phi) is 7.95. The van der Waals surface area contributed by atoms with Crippen LogP contribution < -0.4 is 20.3 Å². The molecule has 212 valence electrons. The minimum atomic E-state index is -4.49. The summed E-state index contributed by atoms with van der Waals surface area (Å²) in [5, 5.41) is 6.51. The highest BCUT2D eigenvalue weighted by Crippen LogP contribution is 2.44. The maximum atomic E-state index is 13.6. The number of amides is 1. The van der Waals surface area contributed by atoms with Gasteiger partial charge in [0.1, 0.15) is 18.4 Å². The van der Waals surface area contributed by atoms with E-state index in [1.165, 1.54) is 20.3 Å². The Balaban J connectivity index is 1.64. The molecule has 12 heteroatoms. The lowest BCUT2D eigenvalue weighted by molar-refractivity contribution is -0.137. The molecule has 0 unspecified atom stereocenters. The monoisotopic (exact) mass is 581 g/mol. The third kappa shape index (κ3) is 5.74. The molecule has 8 nitrogen and oxygen atoms in total. The van der Waals surface area contributed by atoms with E-state index in [0.717, 1.165) is 12.1 Å². The smallest absolute Gasteiger partial charge is 0.416 e. The number of hydrogen-bond donors (Lipinski definition) is 2. The van der Waals surface area contributed by atoms with Crippen LogP contribution in [0.2, 0.25) is 0 Å². The SMILES string of the molecule is COCC(=O)Nc1cc(N2C(=S)N[C@H](c3ccccn3)[C@H]2c2cccn2-c2cccc(C(F)(F)F)c2)ccc1OC. The van der Waals surface area contributed by atoms with E-state index >= 15 is 0 Å². The molecule has 3 heterocycles. The molecule has 2 atom stereocenters. The summed E-state index contributed by atoms with van der Waals surface area (Å²) in [7, 11) is 2.91. The molecule has 1 saturated heterocycles. The average Bonchev–Trinajstić information content (AvgIpc) is 3.57. The highest BCUT2D eigenvalue weighted by molar-refractivity contribution is 7.80. The van der Waals surface area contributed by atoms with Gasteiger partial charge in [0, 0.05) is 36.6 Å². The number of benzene rings is 2. The van der Waals surface area contributed by atoms with Crippen molar-refractivity contribution in [2.45, 2.75) is 18.3 Å². The van der Waals surface area contributed by atoms with Crippen molar-refractivity contribution in [3.05, 3.63) is 102 Å². The zero-order valence-electron chi connectivity index (χ0n) is 22.1. The van der Waals surface area contributed by atoms with Crippen LogP contribution in [0.4, 0.5) is 24.5 Å². The number of aromatic nitrogens is 2. The van der Waals surface area contributed by atoms with Gasteiger partial charge in [0.25, 0.3) is 0 Å². The number of thiocarbonyl (C=S) groups is 1. The predicted molar refractivity (Wildman–Crippen MR) is 152 cm³/mol. The summed E-state index contributed by atoms with van der Waals surface area (Å²) in [5.74, 6) is 0.0628. The van der Waals surface area contributed by atoms with Crippen molar-refractivity contribution in [2.75, 3.05) is 31.0 Å². The Morgan fingerprint density at radius 3 is 2.59 bits per heavy atom. The molecular weight excluding hydrogens is 555 g/mol. The van der Waals surface area contributed by atoms with Crippen LogP contribution in [0, 0.1) is 0 Å². The lowest BCUT2D eigenvalue weighted by Gasteiger charge is -2.29. The van der Waals surface area contributed by atoms with Crippen LogP contribution in [0.1, 0.15) is 29.0 Å². The number of nitrogens with zero attached hydrogens (tertiary/aromatic N) is 3. The molecule has 4 aromatic rings. The van der Waals surface area contributed by atoms with Gasteiger partial charge < -0.3 is 29.6 Å². The van der Waals surface area contributed by atoms with Crippen LogP contribution in [0.5, 0.6) is 5.75 Å². The fourth-order valence-corrected chi connectivity index (χ4v) is 5.24. The number of pyridine rings is 1. The number of ether oxygens (including phenoxy) is 2. The zero-order valence-corrected chi connectivity index (χ0v) is 22.9. The Morgan fingerprint density at radius 1 is 1.05 bits per heavy atom. The van der Waals surface area contributed by atoms with Crippen molar-refractivity contribution < 1.29 is 27.4 Å². The van der Waals surface area contributed by atoms with Gasteiger partial charge in [-0.05, 0) is 72.9 Å². The van der Waals surface area contributed by atoms with Crippen LogP contribution >= 0.6 is 12.2 Å². The minimum Gasteiger partial charge on any atom is -0.495 e. The van der Waals surface area contributed by atoms with Gasteiger partial charge in [-0.1, -0.05) is 12.1 Å². The lowest BCUT2D eigenvalue weighted by atomic mass is 10.0. The summed E-state index contributed by atoms with van der Waals surface area (Å²) >= 11 is 5.80. The standard InChI is InChI=1S/C29H26F3N5O3S/c1-39-17-25(38)34-22-16-20(11-12-24(22)40-2)37-27(26(35-28(37)41)21-9-3-4-13-33-21)23-10-6-14-36(23)19-8-5-7-18(15-19)29(30,31)32/h3-16,26-27H,17H2,1-2H3,(H,34,38)(H,35,41)/t26-,27-/m1/s1. The minimum absolute atomic E-state index is 0.147. The first-order valence-corrected chi connectivity index (χ1v) is 12.9. The van der Waals surface area contributed by atoms with E-state index in [4.69, 9.17) is 21.7 Å². The third-order valence-electron chi connectivity index (χ3n) is 6.64. The van der Waals surface area contributed by atoms with Crippen LogP contribution in [-0.2, 0) is 15.7 Å². The van der Waals surface area contributed by atoms with E-state index in [9.17, 15) is 18.0 Å². The first-order chi connectivity index (χ1) is 19.7. The number of nitrogens with one attached hydrogen (secondary N) is 2. The molecule has 2 aromatic heterocycles. The second-order valence-corrected chi connectivity index (χ2v) is 9.60. The van der Waals surface area contributed by atoms with Crippen LogP contribution in [0.25, 0.3) is 5.69 Å². The molecule has 0 bridgehead atoms. The zero-order chi connectivity index (χ0) is 29.1. The van der Waals surface area contributed by atoms with Gasteiger partial charge in [-0.3, -0.25) is 9.78 Å². The molecule has 5 rings (SSSR count). The van der Waals surface area contributed by atoms with Gasteiger partial charge in [-0.15, -0.1) is 0 Å². The number of carbonyl (C=O) groups is 1. The largest absolute Gasteiger partial charge is 0.495 e. The van der Waals surface area contributed by atoms with Crippen molar-refractivity contribution >= 4 is 34.6 Å². The van der Waals surface area contributed by atoms with E-state index in [1.807, 2.05) is 23.1 Å². The molecular formula is C29H26F3N5O3S. The molecule has 0 aliphatic carbocycles. The van der Waals surface area contributed by atoms with Crippen molar-refractivity contribution in [3.63, 3.8) is 0 Å². The summed E-state index contributed by atoms with van der Waals surface area (Å²) in [6, 6.07) is 18.5. The summed E-state index contributed by atoms with van der Waals surface area (Å²) in [4.78, 5) is 18.7. The maximum absolute atomic E-state index is 13.6. The number of hydrogen-bond acceptors (Lipinski definition) is 5.